The molecule has 1 aromatic carbocycles. The topological polar surface area (TPSA) is 87.5 Å². The fourth-order valence-corrected chi connectivity index (χ4v) is 2.84. The molecule has 0 aliphatic heterocycles. The Hall–Kier alpha value is -2.87. The van der Waals surface area contributed by atoms with E-state index in [1.807, 2.05) is 40.4 Å². The highest BCUT2D eigenvalue weighted by Crippen LogP contribution is 2.11. The average Bonchev–Trinajstić information content (AvgIpc) is 3.15. The molecule has 0 spiro atoms. The van der Waals surface area contributed by atoms with Crippen LogP contribution in [0.2, 0.25) is 0 Å². The van der Waals surface area contributed by atoms with Gasteiger partial charge in [0.1, 0.15) is 6.04 Å². The minimum atomic E-state index is -0.657. The number of hydrogen-bond donors (Lipinski definition) is 3. The number of carbonyl (C=O) groups is 2. The lowest BCUT2D eigenvalue weighted by Crippen LogP contribution is -2.46. The summed E-state index contributed by atoms with van der Waals surface area (Å²) in [6, 6.07) is 8.03. The third-order valence-corrected chi connectivity index (χ3v) is 4.13. The fraction of sp³-hybridized carbons (Fsp3) is 0.188. The smallest absolute Gasteiger partial charge is 0.315 e. The Bertz CT molecular complexity index is 814. The standard InChI is InChI=1S/C16H17N5O2S/c1-11(14(22)19-12-5-3-2-4-6-12)18-15(23)17-9-13-10-21-7-8-24-16(21)20-13/h2-8,10-11H,9H2,1H3,(H,19,22)(H2,17,18,23). The van der Waals surface area contributed by atoms with Gasteiger partial charge in [-0.05, 0) is 19.1 Å². The maximum absolute atomic E-state index is 12.0. The molecule has 24 heavy (non-hydrogen) atoms. The van der Waals surface area contributed by atoms with Crippen molar-refractivity contribution in [2.24, 2.45) is 0 Å². The Labute approximate surface area is 142 Å². The summed E-state index contributed by atoms with van der Waals surface area (Å²) in [6.45, 7) is 1.93. The zero-order valence-corrected chi connectivity index (χ0v) is 13.8. The van der Waals surface area contributed by atoms with Gasteiger partial charge in [-0.1, -0.05) is 18.2 Å². The quantitative estimate of drug-likeness (QED) is 0.664. The predicted octanol–water partition coefficient (Wildman–Crippen LogP) is 2.22. The molecule has 1 unspecified atom stereocenters. The first kappa shape index (κ1) is 16.0. The minimum absolute atomic E-state index is 0.279. The summed E-state index contributed by atoms with van der Waals surface area (Å²) in [5.41, 5.74) is 1.45. The SMILES string of the molecule is CC(NC(=O)NCc1cn2ccsc2n1)C(=O)Nc1ccccc1. The first-order chi connectivity index (χ1) is 11.6. The molecular weight excluding hydrogens is 326 g/mol. The zero-order valence-electron chi connectivity index (χ0n) is 13.0. The van der Waals surface area contributed by atoms with Crippen molar-refractivity contribution in [3.8, 4) is 0 Å². The van der Waals surface area contributed by atoms with Gasteiger partial charge in [-0.15, -0.1) is 11.3 Å². The van der Waals surface area contributed by atoms with Crippen LogP contribution >= 0.6 is 11.3 Å². The Morgan fingerprint density at radius 3 is 2.83 bits per heavy atom. The van der Waals surface area contributed by atoms with E-state index in [-0.39, 0.29) is 5.91 Å². The van der Waals surface area contributed by atoms with Gasteiger partial charge in [0.05, 0.1) is 12.2 Å². The number of rotatable bonds is 5. The first-order valence-electron chi connectivity index (χ1n) is 7.43. The number of carbonyl (C=O) groups excluding carboxylic acids is 2. The van der Waals surface area contributed by atoms with Crippen molar-refractivity contribution in [1.82, 2.24) is 20.0 Å². The molecule has 0 bridgehead atoms. The number of anilines is 1. The van der Waals surface area contributed by atoms with Gasteiger partial charge in [0.2, 0.25) is 5.91 Å². The van der Waals surface area contributed by atoms with Gasteiger partial charge in [0.25, 0.3) is 0 Å². The summed E-state index contributed by atoms with van der Waals surface area (Å²) in [7, 11) is 0. The summed E-state index contributed by atoms with van der Waals surface area (Å²) in [5.74, 6) is -0.279. The lowest BCUT2D eigenvalue weighted by molar-refractivity contribution is -0.117. The highest BCUT2D eigenvalue weighted by molar-refractivity contribution is 7.15. The van der Waals surface area contributed by atoms with Gasteiger partial charge in [0.15, 0.2) is 4.96 Å². The molecular formula is C16H17N5O2S. The predicted molar refractivity (Wildman–Crippen MR) is 93.0 cm³/mol. The van der Waals surface area contributed by atoms with Gasteiger partial charge < -0.3 is 16.0 Å². The van der Waals surface area contributed by atoms with Crippen molar-refractivity contribution in [2.45, 2.75) is 19.5 Å². The number of amides is 3. The van der Waals surface area contributed by atoms with Crippen LogP contribution in [0.1, 0.15) is 12.6 Å². The van der Waals surface area contributed by atoms with E-state index in [0.29, 0.717) is 12.2 Å². The summed E-state index contributed by atoms with van der Waals surface area (Å²) < 4.78 is 1.90. The van der Waals surface area contributed by atoms with E-state index in [1.54, 1.807) is 19.1 Å². The molecule has 0 saturated carbocycles. The molecule has 1 atom stereocenters. The Morgan fingerprint density at radius 2 is 2.08 bits per heavy atom. The van der Waals surface area contributed by atoms with Crippen molar-refractivity contribution < 1.29 is 9.59 Å². The molecule has 7 nitrogen and oxygen atoms in total. The van der Waals surface area contributed by atoms with E-state index in [9.17, 15) is 9.59 Å². The molecule has 0 aliphatic rings. The first-order valence-corrected chi connectivity index (χ1v) is 8.31. The van der Waals surface area contributed by atoms with Gasteiger partial charge in [-0.2, -0.15) is 0 Å². The van der Waals surface area contributed by atoms with Gasteiger partial charge in [-0.25, -0.2) is 9.78 Å². The lowest BCUT2D eigenvalue weighted by atomic mass is 10.2. The molecule has 0 radical (unpaired) electrons. The number of urea groups is 1. The highest BCUT2D eigenvalue weighted by Gasteiger charge is 2.15. The highest BCUT2D eigenvalue weighted by atomic mass is 32.1. The number of nitrogens with one attached hydrogen (secondary N) is 3. The maximum atomic E-state index is 12.0. The van der Waals surface area contributed by atoms with Crippen LogP contribution in [0.3, 0.4) is 0 Å². The van der Waals surface area contributed by atoms with E-state index in [2.05, 4.69) is 20.9 Å². The summed E-state index contributed by atoms with van der Waals surface area (Å²) >= 11 is 1.53. The van der Waals surface area contributed by atoms with Crippen molar-refractivity contribution in [3.63, 3.8) is 0 Å². The summed E-state index contributed by atoms with van der Waals surface area (Å²) in [4.78, 5) is 29.2. The summed E-state index contributed by atoms with van der Waals surface area (Å²) in [5, 5.41) is 9.98. The van der Waals surface area contributed by atoms with Gasteiger partial charge in [0, 0.05) is 23.5 Å². The normalized spacial score (nSPS) is 11.9. The van der Waals surface area contributed by atoms with Crippen LogP contribution < -0.4 is 16.0 Å². The van der Waals surface area contributed by atoms with Crippen molar-refractivity contribution in [3.05, 3.63) is 53.8 Å². The zero-order chi connectivity index (χ0) is 16.9. The molecule has 124 valence electrons. The number of aromatic nitrogens is 2. The van der Waals surface area contributed by atoms with E-state index in [1.165, 1.54) is 11.3 Å². The average molecular weight is 343 g/mol. The largest absolute Gasteiger partial charge is 0.332 e. The molecule has 0 aliphatic carbocycles. The molecule has 0 saturated heterocycles. The van der Waals surface area contributed by atoms with Crippen molar-refractivity contribution in [1.29, 1.82) is 0 Å². The molecule has 2 aromatic heterocycles. The van der Waals surface area contributed by atoms with Crippen LogP contribution in [-0.2, 0) is 11.3 Å². The molecule has 3 rings (SSSR count). The van der Waals surface area contributed by atoms with E-state index in [0.717, 1.165) is 10.7 Å². The number of para-hydroxylation sites is 1. The Morgan fingerprint density at radius 1 is 1.29 bits per heavy atom. The number of thiazole rings is 1. The molecule has 8 heteroatoms. The van der Waals surface area contributed by atoms with E-state index < -0.39 is 12.1 Å². The molecule has 3 aromatic rings. The van der Waals surface area contributed by atoms with Crippen LogP contribution in [-0.4, -0.2) is 27.4 Å². The molecule has 3 N–H and O–H groups in total. The van der Waals surface area contributed by atoms with Crippen molar-refractivity contribution in [2.75, 3.05) is 5.32 Å². The molecule has 0 fully saturated rings. The van der Waals surface area contributed by atoms with Crippen LogP contribution in [0.5, 0.6) is 0 Å². The van der Waals surface area contributed by atoms with Gasteiger partial charge in [-0.3, -0.25) is 9.20 Å². The number of benzene rings is 1. The monoisotopic (exact) mass is 343 g/mol. The second-order valence-corrected chi connectivity index (χ2v) is 6.10. The number of hydrogen-bond acceptors (Lipinski definition) is 4. The van der Waals surface area contributed by atoms with Crippen LogP contribution in [0.4, 0.5) is 10.5 Å². The number of fused-ring (bicyclic) bond motifs is 1. The molecule has 3 amide bonds. The second kappa shape index (κ2) is 7.14. The molecule has 2 heterocycles. The minimum Gasteiger partial charge on any atom is -0.332 e. The van der Waals surface area contributed by atoms with Crippen LogP contribution in [0.15, 0.2) is 48.1 Å². The fourth-order valence-electron chi connectivity index (χ4n) is 2.12. The Kier molecular flexibility index (Phi) is 4.76. The second-order valence-electron chi connectivity index (χ2n) is 5.23. The van der Waals surface area contributed by atoms with E-state index in [4.69, 9.17) is 0 Å². The van der Waals surface area contributed by atoms with Crippen molar-refractivity contribution >= 4 is 33.9 Å². The van der Waals surface area contributed by atoms with Gasteiger partial charge >= 0.3 is 6.03 Å². The van der Waals surface area contributed by atoms with Crippen LogP contribution in [0, 0.1) is 0 Å². The lowest BCUT2D eigenvalue weighted by Gasteiger charge is -2.14. The van der Waals surface area contributed by atoms with Crippen LogP contribution in [0.25, 0.3) is 4.96 Å². The Balaban J connectivity index is 1.47. The number of nitrogens with zero attached hydrogens (tertiary/aromatic N) is 2. The third-order valence-electron chi connectivity index (χ3n) is 3.36. The number of imidazole rings is 1. The maximum Gasteiger partial charge on any atom is 0.315 e. The summed E-state index contributed by atoms with van der Waals surface area (Å²) in [6.07, 6.45) is 3.77. The van der Waals surface area contributed by atoms with E-state index >= 15 is 0 Å². The third kappa shape index (κ3) is 3.90.